The molecule has 0 fully saturated rings. The molecule has 0 heterocycles. The molecule has 2 aromatic rings. The molecule has 6 heteroatoms. The molecule has 1 unspecified atom stereocenters. The Morgan fingerprint density at radius 2 is 1.85 bits per heavy atom. The zero-order valence-electron chi connectivity index (χ0n) is 10.2. The molecule has 0 aliphatic heterocycles. The Kier molecular flexibility index (Phi) is 4.44. The Labute approximate surface area is 122 Å². The van der Waals surface area contributed by atoms with Crippen LogP contribution < -0.4 is 0 Å². The summed E-state index contributed by atoms with van der Waals surface area (Å²) in [6.45, 7) is 0. The molecule has 0 saturated heterocycles. The summed E-state index contributed by atoms with van der Waals surface area (Å²) in [4.78, 5) is 9.81. The lowest BCUT2D eigenvalue weighted by Crippen LogP contribution is -2.03. The quantitative estimate of drug-likeness (QED) is 0.465. The molecular formula is C14H10BrF2NO2. The van der Waals surface area contributed by atoms with Gasteiger partial charge in [-0.3, -0.25) is 10.1 Å². The fraction of sp³-hybridized carbons (Fsp3) is 0.143. The second-order valence-electron chi connectivity index (χ2n) is 4.23. The highest BCUT2D eigenvalue weighted by molar-refractivity contribution is 9.09. The molecule has 0 saturated carbocycles. The first-order valence-electron chi connectivity index (χ1n) is 5.80. The molecule has 0 bridgehead atoms. The van der Waals surface area contributed by atoms with Gasteiger partial charge in [-0.1, -0.05) is 46.3 Å². The molecule has 0 aliphatic rings. The van der Waals surface area contributed by atoms with Gasteiger partial charge in [-0.05, 0) is 18.1 Å². The fourth-order valence-corrected chi connectivity index (χ4v) is 2.61. The molecule has 0 spiro atoms. The third kappa shape index (κ3) is 3.19. The van der Waals surface area contributed by atoms with Crippen molar-refractivity contribution >= 4 is 21.6 Å². The highest BCUT2D eigenvalue weighted by atomic mass is 79.9. The Bertz CT molecular complexity index is 635. The number of hydrogen-bond donors (Lipinski definition) is 0. The first kappa shape index (κ1) is 14.6. The van der Waals surface area contributed by atoms with Gasteiger partial charge in [0.15, 0.2) is 0 Å². The molecule has 2 aromatic carbocycles. The van der Waals surface area contributed by atoms with Crippen LogP contribution in [0.4, 0.5) is 14.5 Å². The number of halogens is 3. The Morgan fingerprint density at radius 3 is 2.45 bits per heavy atom. The van der Waals surface area contributed by atoms with Crippen LogP contribution in [0.3, 0.4) is 0 Å². The summed E-state index contributed by atoms with van der Waals surface area (Å²) in [5.41, 5.74) is 0.233. The van der Waals surface area contributed by atoms with Gasteiger partial charge in [0.1, 0.15) is 5.82 Å². The number of nitro benzene ring substituents is 1. The molecule has 3 nitrogen and oxygen atoms in total. The van der Waals surface area contributed by atoms with E-state index in [4.69, 9.17) is 0 Å². The second kappa shape index (κ2) is 6.09. The predicted octanol–water partition coefficient (Wildman–Crippen LogP) is 4.55. The number of nitrogens with zero attached hydrogens (tertiary/aromatic N) is 1. The van der Waals surface area contributed by atoms with E-state index in [1.165, 1.54) is 0 Å². The smallest absolute Gasteiger partial charge is 0.258 e. The van der Waals surface area contributed by atoms with Crippen LogP contribution in [0.2, 0.25) is 0 Å². The van der Waals surface area contributed by atoms with Gasteiger partial charge in [0.05, 0.1) is 4.92 Å². The molecule has 20 heavy (non-hydrogen) atoms. The van der Waals surface area contributed by atoms with Crippen LogP contribution in [0.1, 0.15) is 16.0 Å². The monoisotopic (exact) mass is 341 g/mol. The summed E-state index contributed by atoms with van der Waals surface area (Å²) in [5, 5.41) is 10.9. The summed E-state index contributed by atoms with van der Waals surface area (Å²) in [5.74, 6) is -1.98. The molecular weight excluding hydrogens is 332 g/mol. The molecule has 2 rings (SSSR count). The van der Waals surface area contributed by atoms with E-state index in [2.05, 4.69) is 15.9 Å². The van der Waals surface area contributed by atoms with Gasteiger partial charge >= 0.3 is 5.69 Å². The van der Waals surface area contributed by atoms with Crippen molar-refractivity contribution in [3.63, 3.8) is 0 Å². The number of benzene rings is 2. The maximum Gasteiger partial charge on any atom is 0.308 e. The van der Waals surface area contributed by atoms with Crippen LogP contribution in [0.5, 0.6) is 0 Å². The summed E-state index contributed by atoms with van der Waals surface area (Å²) < 4.78 is 26.8. The van der Waals surface area contributed by atoms with Crippen LogP contribution in [0.25, 0.3) is 0 Å². The predicted molar refractivity (Wildman–Crippen MR) is 74.8 cm³/mol. The lowest BCUT2D eigenvalue weighted by molar-refractivity contribution is -0.388. The van der Waals surface area contributed by atoms with Crippen molar-refractivity contribution in [2.45, 2.75) is 11.2 Å². The van der Waals surface area contributed by atoms with E-state index in [1.807, 2.05) is 30.3 Å². The van der Waals surface area contributed by atoms with Crippen molar-refractivity contribution in [1.82, 2.24) is 0 Å². The van der Waals surface area contributed by atoms with Gasteiger partial charge in [-0.25, -0.2) is 4.39 Å². The van der Waals surface area contributed by atoms with Gasteiger partial charge in [-0.15, -0.1) is 0 Å². The molecule has 0 amide bonds. The van der Waals surface area contributed by atoms with Gasteiger partial charge in [0, 0.05) is 16.5 Å². The second-order valence-corrected chi connectivity index (χ2v) is 5.34. The van der Waals surface area contributed by atoms with Crippen molar-refractivity contribution in [3.05, 3.63) is 75.3 Å². The minimum atomic E-state index is -1.15. The summed E-state index contributed by atoms with van der Waals surface area (Å²) in [7, 11) is 0. The summed E-state index contributed by atoms with van der Waals surface area (Å²) >= 11 is 3.39. The van der Waals surface area contributed by atoms with E-state index in [0.29, 0.717) is 6.07 Å². The highest BCUT2D eigenvalue weighted by Gasteiger charge is 2.23. The first-order valence-corrected chi connectivity index (χ1v) is 6.72. The lowest BCUT2D eigenvalue weighted by atomic mass is 10.0. The van der Waals surface area contributed by atoms with Gasteiger partial charge < -0.3 is 0 Å². The molecule has 0 radical (unpaired) electrons. The zero-order valence-corrected chi connectivity index (χ0v) is 11.8. The van der Waals surface area contributed by atoms with Crippen molar-refractivity contribution in [1.29, 1.82) is 0 Å². The van der Waals surface area contributed by atoms with Crippen LogP contribution in [-0.4, -0.2) is 4.92 Å². The minimum Gasteiger partial charge on any atom is -0.258 e. The normalized spacial score (nSPS) is 12.2. The van der Waals surface area contributed by atoms with Crippen LogP contribution in [-0.2, 0) is 6.42 Å². The first-order chi connectivity index (χ1) is 9.49. The van der Waals surface area contributed by atoms with Crippen molar-refractivity contribution in [2.75, 3.05) is 0 Å². The Hall–Kier alpha value is -1.82. The molecule has 1 atom stereocenters. The maximum atomic E-state index is 13.5. The minimum absolute atomic E-state index is 0.0261. The van der Waals surface area contributed by atoms with E-state index in [-0.39, 0.29) is 16.8 Å². The largest absolute Gasteiger partial charge is 0.308 e. The summed E-state index contributed by atoms with van der Waals surface area (Å²) in [6.07, 6.45) is 0.120. The fourth-order valence-electron chi connectivity index (χ4n) is 1.95. The van der Waals surface area contributed by atoms with Crippen LogP contribution in [0.15, 0.2) is 42.5 Å². The highest BCUT2D eigenvalue weighted by Crippen LogP contribution is 2.32. The van der Waals surface area contributed by atoms with Crippen molar-refractivity contribution in [2.24, 2.45) is 0 Å². The SMILES string of the molecule is O=[N+]([O-])c1c(F)cc(F)cc1CC(Br)c1ccccc1. The standard InChI is InChI=1S/C14H10BrF2NO2/c15-12(9-4-2-1-3-5-9)7-10-6-11(16)8-13(17)14(10)18(19)20/h1-6,8,12H,7H2. The van der Waals surface area contributed by atoms with Crippen molar-refractivity contribution in [3.8, 4) is 0 Å². The Balaban J connectivity index is 2.36. The van der Waals surface area contributed by atoms with Gasteiger partial charge in [0.2, 0.25) is 5.82 Å². The number of alkyl halides is 1. The molecule has 0 aromatic heterocycles. The van der Waals surface area contributed by atoms with E-state index in [0.717, 1.165) is 11.6 Å². The average Bonchev–Trinajstić information content (AvgIpc) is 2.38. The van der Waals surface area contributed by atoms with Gasteiger partial charge in [-0.2, -0.15) is 4.39 Å². The molecule has 104 valence electrons. The molecule has 0 aliphatic carbocycles. The molecule has 0 N–H and O–H groups in total. The lowest BCUT2D eigenvalue weighted by Gasteiger charge is -2.11. The van der Waals surface area contributed by atoms with E-state index < -0.39 is 22.2 Å². The maximum absolute atomic E-state index is 13.5. The third-order valence-corrected chi connectivity index (χ3v) is 3.70. The topological polar surface area (TPSA) is 43.1 Å². The number of hydrogen-bond acceptors (Lipinski definition) is 2. The number of nitro groups is 1. The van der Waals surface area contributed by atoms with Crippen LogP contribution in [0, 0.1) is 21.7 Å². The van der Waals surface area contributed by atoms with Crippen LogP contribution >= 0.6 is 15.9 Å². The Morgan fingerprint density at radius 1 is 1.20 bits per heavy atom. The van der Waals surface area contributed by atoms with E-state index in [1.54, 1.807) is 0 Å². The average molecular weight is 342 g/mol. The summed E-state index contributed by atoms with van der Waals surface area (Å²) in [6, 6.07) is 10.7. The van der Waals surface area contributed by atoms with Crippen molar-refractivity contribution < 1.29 is 13.7 Å². The number of rotatable bonds is 4. The third-order valence-electron chi connectivity index (χ3n) is 2.85. The van der Waals surface area contributed by atoms with E-state index in [9.17, 15) is 18.9 Å². The van der Waals surface area contributed by atoms with E-state index >= 15 is 0 Å². The van der Waals surface area contributed by atoms with Gasteiger partial charge in [0.25, 0.3) is 0 Å². The zero-order chi connectivity index (χ0) is 14.7.